The molecule has 0 N–H and O–H groups in total. The second-order valence-electron chi connectivity index (χ2n) is 8.35. The first-order valence-electron chi connectivity index (χ1n) is 10.7. The zero-order valence-electron chi connectivity index (χ0n) is 19.6. The van der Waals surface area contributed by atoms with Gasteiger partial charge in [0.25, 0.3) is 0 Å². The van der Waals surface area contributed by atoms with E-state index < -0.39 is 71.9 Å². The first-order chi connectivity index (χ1) is 17.2. The number of carbonyl (C=O) groups excluding carboxylic acids is 2. The molecule has 2 rings (SSSR count). The van der Waals surface area contributed by atoms with Crippen molar-refractivity contribution >= 4 is 11.9 Å². The smallest absolute Gasteiger partial charge is 0.427 e. The van der Waals surface area contributed by atoms with Crippen molar-refractivity contribution < 1.29 is 63.0 Å². The van der Waals surface area contributed by atoms with E-state index in [2.05, 4.69) is 0 Å². The third-order valence-electron chi connectivity index (χ3n) is 5.41. The first-order valence-corrected chi connectivity index (χ1v) is 10.7. The summed E-state index contributed by atoms with van der Waals surface area (Å²) in [6, 6.07) is 7.44. The van der Waals surface area contributed by atoms with Gasteiger partial charge in [0, 0.05) is 26.7 Å². The Morgan fingerprint density at radius 1 is 0.579 bits per heavy atom. The van der Waals surface area contributed by atoms with Gasteiger partial charge in [-0.3, -0.25) is 9.59 Å². The van der Waals surface area contributed by atoms with E-state index in [0.29, 0.717) is 0 Å². The number of hydrogen-bond acceptors (Lipinski definition) is 4. The van der Waals surface area contributed by atoms with Crippen molar-refractivity contribution in [1.29, 1.82) is 0 Å². The molecule has 0 bridgehead atoms. The average molecular weight is 562 g/mol. The maximum absolute atomic E-state index is 14.2. The van der Waals surface area contributed by atoms with E-state index in [0.717, 1.165) is 62.4 Å². The molecule has 0 radical (unpaired) electrons. The summed E-state index contributed by atoms with van der Waals surface area (Å²) in [6.07, 6.45) is -16.6. The van der Waals surface area contributed by atoms with Crippen LogP contribution in [0.1, 0.15) is 49.7 Å². The third kappa shape index (κ3) is 7.84. The second-order valence-corrected chi connectivity index (χ2v) is 8.35. The minimum atomic E-state index is -6.14. The summed E-state index contributed by atoms with van der Waals surface area (Å²) in [4.78, 5) is 22.2. The van der Waals surface area contributed by atoms with Gasteiger partial charge in [-0.2, -0.15) is 43.9 Å². The molecule has 38 heavy (non-hydrogen) atoms. The molecule has 0 amide bonds. The Morgan fingerprint density at radius 3 is 1.05 bits per heavy atom. The third-order valence-corrected chi connectivity index (χ3v) is 5.41. The maximum Gasteiger partial charge on any atom is 0.453 e. The van der Waals surface area contributed by atoms with Crippen LogP contribution in [-0.4, -0.2) is 36.1 Å². The summed E-state index contributed by atoms with van der Waals surface area (Å²) in [5, 5.41) is 0. The van der Waals surface area contributed by atoms with Gasteiger partial charge in [0.2, 0.25) is 0 Å². The Morgan fingerprint density at radius 2 is 0.842 bits per heavy atom. The van der Waals surface area contributed by atoms with Gasteiger partial charge in [-0.05, 0) is 47.2 Å². The number of benzene rings is 2. The molecule has 2 aromatic rings. The van der Waals surface area contributed by atoms with E-state index in [-0.39, 0.29) is 11.5 Å². The summed E-state index contributed by atoms with van der Waals surface area (Å²) in [5.41, 5.74) is -0.895. The lowest BCUT2D eigenvalue weighted by Crippen LogP contribution is -2.41. The molecule has 210 valence electrons. The highest BCUT2D eigenvalue weighted by atomic mass is 19.4. The number of alkyl halides is 10. The molecule has 2 unspecified atom stereocenters. The van der Waals surface area contributed by atoms with Crippen molar-refractivity contribution in [3.8, 4) is 11.5 Å². The summed E-state index contributed by atoms with van der Waals surface area (Å²) in [7, 11) is 0. The lowest BCUT2D eigenvalue weighted by Gasteiger charge is -2.34. The fourth-order valence-electron chi connectivity index (χ4n) is 3.67. The molecule has 0 saturated heterocycles. The van der Waals surface area contributed by atoms with E-state index in [4.69, 9.17) is 9.47 Å². The summed E-state index contributed by atoms with van der Waals surface area (Å²) >= 11 is 0. The molecule has 0 aromatic heterocycles. The molecule has 2 aromatic carbocycles. The number of halogens is 10. The van der Waals surface area contributed by atoms with Crippen molar-refractivity contribution in [1.82, 2.24) is 0 Å². The van der Waals surface area contributed by atoms with Crippen LogP contribution in [0.4, 0.5) is 43.9 Å². The van der Waals surface area contributed by atoms with Gasteiger partial charge >= 0.3 is 36.1 Å². The van der Waals surface area contributed by atoms with Crippen LogP contribution in [0.15, 0.2) is 48.5 Å². The largest absolute Gasteiger partial charge is 0.453 e. The monoisotopic (exact) mass is 562 g/mol. The van der Waals surface area contributed by atoms with Crippen molar-refractivity contribution in [2.24, 2.45) is 0 Å². The predicted molar refractivity (Wildman–Crippen MR) is 112 cm³/mol. The van der Waals surface area contributed by atoms with Crippen molar-refractivity contribution in [2.75, 3.05) is 0 Å². The number of esters is 2. The van der Waals surface area contributed by atoms with Gasteiger partial charge in [-0.15, -0.1) is 0 Å². The van der Waals surface area contributed by atoms with E-state index in [1.165, 1.54) is 0 Å². The summed E-state index contributed by atoms with van der Waals surface area (Å²) in [5.74, 6) is -17.4. The fourth-order valence-corrected chi connectivity index (χ4v) is 3.67. The van der Waals surface area contributed by atoms with Crippen molar-refractivity contribution in [3.05, 3.63) is 59.7 Å². The van der Waals surface area contributed by atoms with Gasteiger partial charge in [0.05, 0.1) is 0 Å². The highest BCUT2D eigenvalue weighted by molar-refractivity contribution is 5.69. The molecule has 0 aliphatic carbocycles. The first kappa shape index (κ1) is 30.9. The Labute approximate surface area is 209 Å². The Hall–Kier alpha value is -3.32. The summed E-state index contributed by atoms with van der Waals surface area (Å²) in [6.45, 7) is 2.02. The predicted octanol–water partition coefficient (Wildman–Crippen LogP) is 7.58. The van der Waals surface area contributed by atoms with Gasteiger partial charge in [-0.25, -0.2) is 0 Å². The standard InChI is InChI=1S/C24H20F10O4/c1-13(35)37-17-7-3-15(4-8-17)19(11-21(25,26)23(29,30)31)20(12-22(27,28)24(32,33)34)16-5-9-18(10-6-16)38-14(2)36/h3-10,19-20H,11-12H2,1-2H3. The lowest BCUT2D eigenvalue weighted by atomic mass is 9.75. The number of hydrogen-bond donors (Lipinski definition) is 0. The normalized spacial score (nSPS) is 14.5. The van der Waals surface area contributed by atoms with Crippen LogP contribution in [0.2, 0.25) is 0 Å². The van der Waals surface area contributed by atoms with Gasteiger partial charge < -0.3 is 9.47 Å². The SMILES string of the molecule is CC(=O)Oc1ccc(C(CC(F)(F)C(F)(F)F)C(CC(F)(F)C(F)(F)F)c2ccc(OC(C)=O)cc2)cc1. The quantitative estimate of drug-likeness (QED) is 0.180. The van der Waals surface area contributed by atoms with Crippen LogP contribution < -0.4 is 9.47 Å². The topological polar surface area (TPSA) is 52.6 Å². The van der Waals surface area contributed by atoms with Crippen LogP contribution in [0.5, 0.6) is 11.5 Å². The molecular weight excluding hydrogens is 542 g/mol. The molecule has 0 heterocycles. The second kappa shape index (κ2) is 11.2. The molecule has 0 saturated carbocycles. The van der Waals surface area contributed by atoms with Crippen molar-refractivity contribution in [2.45, 2.75) is 62.7 Å². The molecule has 0 aliphatic rings. The average Bonchev–Trinajstić information content (AvgIpc) is 2.75. The Kier molecular flexibility index (Phi) is 9.10. The molecule has 0 aliphatic heterocycles. The minimum absolute atomic E-state index is 0.175. The van der Waals surface area contributed by atoms with E-state index >= 15 is 0 Å². The summed E-state index contributed by atoms with van der Waals surface area (Å²) < 4.78 is 145. The number of carbonyl (C=O) groups is 2. The van der Waals surface area contributed by atoms with E-state index in [1.807, 2.05) is 0 Å². The molecule has 0 fully saturated rings. The number of rotatable bonds is 9. The molecule has 0 spiro atoms. The van der Waals surface area contributed by atoms with Crippen LogP contribution in [0.3, 0.4) is 0 Å². The molecule has 4 nitrogen and oxygen atoms in total. The highest BCUT2D eigenvalue weighted by Gasteiger charge is 2.61. The zero-order chi connectivity index (χ0) is 29.1. The van der Waals surface area contributed by atoms with Crippen LogP contribution in [-0.2, 0) is 9.59 Å². The maximum atomic E-state index is 14.2. The highest BCUT2D eigenvalue weighted by Crippen LogP contribution is 2.52. The number of ether oxygens (including phenoxy) is 2. The minimum Gasteiger partial charge on any atom is -0.427 e. The van der Waals surface area contributed by atoms with Crippen LogP contribution >= 0.6 is 0 Å². The Bertz CT molecular complexity index is 1020. The molecule has 14 heteroatoms. The van der Waals surface area contributed by atoms with Crippen molar-refractivity contribution in [3.63, 3.8) is 0 Å². The van der Waals surface area contributed by atoms with E-state index in [9.17, 15) is 53.5 Å². The van der Waals surface area contributed by atoms with E-state index in [1.54, 1.807) is 0 Å². The molecule has 2 atom stereocenters. The van der Waals surface area contributed by atoms with Gasteiger partial charge in [0.1, 0.15) is 11.5 Å². The van der Waals surface area contributed by atoms with Gasteiger partial charge in [-0.1, -0.05) is 24.3 Å². The van der Waals surface area contributed by atoms with Crippen LogP contribution in [0, 0.1) is 0 Å². The molecular formula is C24H20F10O4. The fraction of sp³-hybridized carbons (Fsp3) is 0.417. The zero-order valence-corrected chi connectivity index (χ0v) is 19.6. The van der Waals surface area contributed by atoms with Gasteiger partial charge in [0.15, 0.2) is 0 Å². The lowest BCUT2D eigenvalue weighted by molar-refractivity contribution is -0.292. The van der Waals surface area contributed by atoms with Crippen LogP contribution in [0.25, 0.3) is 0 Å². The Balaban J connectivity index is 2.69.